The molecule has 0 saturated heterocycles. The number of methoxy groups -OCH3 is 2. The minimum atomic E-state index is -3.59. The molecule has 210 valence electrons. The lowest BCUT2D eigenvalue weighted by molar-refractivity contribution is -0.141. The molecule has 2 rings (SSSR count). The van der Waals surface area contributed by atoms with Gasteiger partial charge >= 0.3 is 0 Å². The molecule has 0 radical (unpaired) electrons. The number of anilines is 1. The van der Waals surface area contributed by atoms with Gasteiger partial charge in [-0.05, 0) is 56.0 Å². The molecule has 0 aromatic heterocycles. The Morgan fingerprint density at radius 1 is 0.974 bits per heavy atom. The summed E-state index contributed by atoms with van der Waals surface area (Å²) in [7, 11) is -0.503. The SMILES string of the molecule is CCC(C)NC(=O)C(CC)N(Cc1cccc(OC)c1)C(=O)CCCN(c1cccc(OC)c1)S(C)(=O)=O. The first kappa shape index (κ1) is 31.0. The highest BCUT2D eigenvalue weighted by Gasteiger charge is 2.29. The van der Waals surface area contributed by atoms with Gasteiger partial charge in [-0.1, -0.05) is 32.0 Å². The smallest absolute Gasteiger partial charge is 0.243 e. The van der Waals surface area contributed by atoms with Crippen LogP contribution in [0.5, 0.6) is 11.5 Å². The molecule has 0 aliphatic rings. The topological polar surface area (TPSA) is 105 Å². The van der Waals surface area contributed by atoms with Gasteiger partial charge in [-0.3, -0.25) is 13.9 Å². The Morgan fingerprint density at radius 3 is 2.18 bits per heavy atom. The monoisotopic (exact) mass is 547 g/mol. The van der Waals surface area contributed by atoms with Crippen LogP contribution < -0.4 is 19.1 Å². The van der Waals surface area contributed by atoms with E-state index in [-0.39, 0.29) is 43.8 Å². The summed E-state index contributed by atoms with van der Waals surface area (Å²) in [4.78, 5) is 28.3. The van der Waals surface area contributed by atoms with E-state index in [4.69, 9.17) is 9.47 Å². The molecule has 0 heterocycles. The average molecular weight is 548 g/mol. The summed E-state index contributed by atoms with van der Waals surface area (Å²) in [5, 5.41) is 2.99. The van der Waals surface area contributed by atoms with Crippen LogP contribution in [0.2, 0.25) is 0 Å². The lowest BCUT2D eigenvalue weighted by Crippen LogP contribution is -2.50. The Bertz CT molecular complexity index is 1170. The van der Waals surface area contributed by atoms with E-state index in [0.29, 0.717) is 23.6 Å². The second-order valence-corrected chi connectivity index (χ2v) is 11.2. The first-order chi connectivity index (χ1) is 18.0. The van der Waals surface area contributed by atoms with Crippen molar-refractivity contribution >= 4 is 27.5 Å². The van der Waals surface area contributed by atoms with Gasteiger partial charge < -0.3 is 19.7 Å². The Balaban J connectivity index is 2.25. The maximum Gasteiger partial charge on any atom is 0.243 e. The fourth-order valence-corrected chi connectivity index (χ4v) is 5.05. The minimum absolute atomic E-state index is 0.0171. The Kier molecular flexibility index (Phi) is 11.9. The predicted octanol–water partition coefficient (Wildman–Crippen LogP) is 3.97. The lowest BCUT2D eigenvalue weighted by Gasteiger charge is -2.32. The molecule has 9 nitrogen and oxygen atoms in total. The van der Waals surface area contributed by atoms with E-state index in [1.165, 1.54) is 11.4 Å². The number of ether oxygens (including phenoxy) is 2. The molecule has 0 fully saturated rings. The first-order valence-corrected chi connectivity index (χ1v) is 14.7. The number of carbonyl (C=O) groups is 2. The highest BCUT2D eigenvalue weighted by Crippen LogP contribution is 2.24. The molecule has 2 aromatic rings. The molecular formula is C28H41N3O6S. The van der Waals surface area contributed by atoms with E-state index in [2.05, 4.69) is 5.32 Å². The molecular weight excluding hydrogens is 506 g/mol. The average Bonchev–Trinajstić information content (AvgIpc) is 2.90. The zero-order valence-electron chi connectivity index (χ0n) is 23.3. The number of carbonyl (C=O) groups excluding carboxylic acids is 2. The molecule has 2 atom stereocenters. The van der Waals surface area contributed by atoms with Crippen LogP contribution in [0.25, 0.3) is 0 Å². The summed E-state index contributed by atoms with van der Waals surface area (Å²) >= 11 is 0. The highest BCUT2D eigenvalue weighted by atomic mass is 32.2. The number of nitrogens with zero attached hydrogens (tertiary/aromatic N) is 2. The molecule has 0 saturated carbocycles. The van der Waals surface area contributed by atoms with E-state index >= 15 is 0 Å². The number of hydrogen-bond acceptors (Lipinski definition) is 6. The van der Waals surface area contributed by atoms with E-state index in [1.54, 1.807) is 36.3 Å². The summed E-state index contributed by atoms with van der Waals surface area (Å²) in [5.41, 5.74) is 1.30. The molecule has 2 aromatic carbocycles. The molecule has 2 unspecified atom stereocenters. The Hall–Kier alpha value is -3.27. The van der Waals surface area contributed by atoms with Crippen molar-refractivity contribution in [3.05, 3.63) is 54.1 Å². The largest absolute Gasteiger partial charge is 0.497 e. The molecule has 10 heteroatoms. The van der Waals surface area contributed by atoms with E-state index < -0.39 is 16.1 Å². The van der Waals surface area contributed by atoms with Crippen molar-refractivity contribution in [3.63, 3.8) is 0 Å². The van der Waals surface area contributed by atoms with Crippen LogP contribution in [-0.2, 0) is 26.2 Å². The maximum absolute atomic E-state index is 13.6. The van der Waals surface area contributed by atoms with Gasteiger partial charge in [-0.15, -0.1) is 0 Å². The van der Waals surface area contributed by atoms with Gasteiger partial charge in [0.05, 0.1) is 26.2 Å². The number of rotatable bonds is 15. The van der Waals surface area contributed by atoms with Crippen LogP contribution >= 0.6 is 0 Å². The van der Waals surface area contributed by atoms with Crippen LogP contribution in [-0.4, -0.2) is 64.2 Å². The molecule has 38 heavy (non-hydrogen) atoms. The van der Waals surface area contributed by atoms with Gasteiger partial charge in [0.15, 0.2) is 0 Å². The van der Waals surface area contributed by atoms with E-state index in [9.17, 15) is 18.0 Å². The number of nitrogens with one attached hydrogen (secondary N) is 1. The highest BCUT2D eigenvalue weighted by molar-refractivity contribution is 7.92. The van der Waals surface area contributed by atoms with Crippen LogP contribution in [0.1, 0.15) is 52.0 Å². The Morgan fingerprint density at radius 2 is 1.61 bits per heavy atom. The fraction of sp³-hybridized carbons (Fsp3) is 0.500. The molecule has 0 spiro atoms. The summed E-state index contributed by atoms with van der Waals surface area (Å²) < 4.78 is 36.9. The Labute approximate surface area is 227 Å². The third-order valence-corrected chi connectivity index (χ3v) is 7.56. The van der Waals surface area contributed by atoms with E-state index in [0.717, 1.165) is 18.2 Å². The standard InChI is InChI=1S/C28H41N3O6S/c1-7-21(3)29-28(33)26(8-2)30(20-22-12-9-14-24(18-22)36-4)27(32)16-11-17-31(38(6,34)35)23-13-10-15-25(19-23)37-5/h9-10,12-15,18-19,21,26H,7-8,11,16-17,20H2,1-6H3,(H,29,33). The first-order valence-electron chi connectivity index (χ1n) is 12.9. The minimum Gasteiger partial charge on any atom is -0.497 e. The third-order valence-electron chi connectivity index (χ3n) is 6.37. The molecule has 0 aliphatic carbocycles. The molecule has 1 N–H and O–H groups in total. The molecule has 2 amide bonds. The van der Waals surface area contributed by atoms with Crippen LogP contribution in [0.4, 0.5) is 5.69 Å². The van der Waals surface area contributed by atoms with Gasteiger partial charge in [-0.25, -0.2) is 8.42 Å². The van der Waals surface area contributed by atoms with Crippen molar-refractivity contribution in [2.75, 3.05) is 31.3 Å². The molecule has 0 aliphatic heterocycles. The number of amides is 2. The third kappa shape index (κ3) is 8.93. The van der Waals surface area contributed by atoms with Crippen molar-refractivity contribution in [2.24, 2.45) is 0 Å². The van der Waals surface area contributed by atoms with E-state index in [1.807, 2.05) is 45.0 Å². The van der Waals surface area contributed by atoms with Gasteiger partial charge in [-0.2, -0.15) is 0 Å². The van der Waals surface area contributed by atoms with Crippen molar-refractivity contribution in [3.8, 4) is 11.5 Å². The zero-order valence-corrected chi connectivity index (χ0v) is 24.1. The normalized spacial score (nSPS) is 12.8. The van der Waals surface area contributed by atoms with Crippen LogP contribution in [0.3, 0.4) is 0 Å². The fourth-order valence-electron chi connectivity index (χ4n) is 4.10. The van der Waals surface area contributed by atoms with Crippen molar-refractivity contribution in [1.82, 2.24) is 10.2 Å². The summed E-state index contributed by atoms with van der Waals surface area (Å²) in [5.74, 6) is 0.772. The van der Waals surface area contributed by atoms with Gasteiger partial charge in [0.2, 0.25) is 21.8 Å². The summed E-state index contributed by atoms with van der Waals surface area (Å²) in [6, 6.07) is 13.5. The summed E-state index contributed by atoms with van der Waals surface area (Å²) in [6.07, 6.45) is 2.71. The second kappa shape index (κ2) is 14.6. The maximum atomic E-state index is 13.6. The summed E-state index contributed by atoms with van der Waals surface area (Å²) in [6.45, 7) is 6.13. The van der Waals surface area contributed by atoms with Gasteiger partial charge in [0, 0.05) is 31.6 Å². The number of benzene rings is 2. The number of sulfonamides is 1. The predicted molar refractivity (Wildman–Crippen MR) is 150 cm³/mol. The van der Waals surface area contributed by atoms with Crippen molar-refractivity contribution in [1.29, 1.82) is 0 Å². The van der Waals surface area contributed by atoms with Crippen LogP contribution in [0, 0.1) is 0 Å². The number of hydrogen-bond donors (Lipinski definition) is 1. The molecule has 0 bridgehead atoms. The quantitative estimate of drug-likeness (QED) is 0.362. The zero-order chi connectivity index (χ0) is 28.3. The lowest BCUT2D eigenvalue weighted by atomic mass is 10.1. The van der Waals surface area contributed by atoms with Gasteiger partial charge in [0.25, 0.3) is 0 Å². The second-order valence-electron chi connectivity index (χ2n) is 9.26. The van der Waals surface area contributed by atoms with Crippen molar-refractivity contribution in [2.45, 2.75) is 65.1 Å². The van der Waals surface area contributed by atoms with Crippen LogP contribution in [0.15, 0.2) is 48.5 Å². The van der Waals surface area contributed by atoms with Gasteiger partial charge in [0.1, 0.15) is 17.5 Å². The van der Waals surface area contributed by atoms with Crippen molar-refractivity contribution < 1.29 is 27.5 Å².